The van der Waals surface area contributed by atoms with Gasteiger partial charge in [0.1, 0.15) is 17.3 Å². The molecule has 6 rings (SSSR count). The number of nitrogens with one attached hydrogen (secondary N) is 9. The zero-order valence-corrected chi connectivity index (χ0v) is 59.6. The van der Waals surface area contributed by atoms with Crippen molar-refractivity contribution in [1.82, 2.24) is 46.9 Å². The van der Waals surface area contributed by atoms with Crippen LogP contribution in [0.4, 0.5) is 14.4 Å². The number of Topliss-reactive ketones (excluding diaryl/α,β-unsaturated/α-hetero) is 6. The molecular formula is C72H120N12O9. The number of nitrogens with two attached hydrogens (primary N) is 3. The normalized spacial score (nSPS) is 11.9. The minimum atomic E-state index is -0.584. The van der Waals surface area contributed by atoms with Crippen LogP contribution in [0, 0.1) is 17.8 Å². The molecule has 0 aliphatic rings. The van der Waals surface area contributed by atoms with E-state index in [1.54, 1.807) is 21.1 Å². The molecule has 522 valence electrons. The molecule has 0 aliphatic carbocycles. The van der Waals surface area contributed by atoms with E-state index >= 15 is 0 Å². The monoisotopic (exact) mass is 1300 g/mol. The molecule has 0 unspecified atom stereocenters. The zero-order valence-electron chi connectivity index (χ0n) is 59.6. The average molecular weight is 1300 g/mol. The van der Waals surface area contributed by atoms with Crippen molar-refractivity contribution in [3.05, 3.63) is 108 Å². The van der Waals surface area contributed by atoms with E-state index in [2.05, 4.69) is 46.9 Å². The van der Waals surface area contributed by atoms with Gasteiger partial charge < -0.3 is 64.1 Å². The number of urea groups is 3. The number of likely N-dealkylation sites (N-methyl/N-ethyl adjacent to an activating group) is 3. The summed E-state index contributed by atoms with van der Waals surface area (Å²) in [6.07, 6.45) is 11.5. The van der Waals surface area contributed by atoms with E-state index in [4.69, 9.17) is 17.2 Å². The minimum absolute atomic E-state index is 0.00984. The van der Waals surface area contributed by atoms with Gasteiger partial charge in [0.05, 0.1) is 18.1 Å². The van der Waals surface area contributed by atoms with Crippen molar-refractivity contribution in [2.45, 2.75) is 199 Å². The minimum Gasteiger partial charge on any atom is -0.361 e. The molecule has 0 spiro atoms. The van der Waals surface area contributed by atoms with Crippen LogP contribution in [0.5, 0.6) is 0 Å². The number of aromatic amines is 3. The summed E-state index contributed by atoms with van der Waals surface area (Å²) in [6, 6.07) is 21.1. The van der Waals surface area contributed by atoms with E-state index in [1.807, 2.05) is 174 Å². The molecule has 3 aromatic heterocycles. The molecule has 0 radical (unpaired) electrons. The highest BCUT2D eigenvalue weighted by Gasteiger charge is 2.28. The first-order valence-electron chi connectivity index (χ1n) is 33.6. The number of carbonyl (C=O) groups is 9. The molecule has 21 nitrogen and oxygen atoms in total. The summed E-state index contributed by atoms with van der Waals surface area (Å²) in [5.41, 5.74) is 21.4. The number of fused-ring (bicyclic) bond motifs is 3. The number of rotatable bonds is 33. The Hall–Kier alpha value is -8.01. The van der Waals surface area contributed by atoms with Crippen molar-refractivity contribution < 1.29 is 43.2 Å². The van der Waals surface area contributed by atoms with Gasteiger partial charge in [0.2, 0.25) is 0 Å². The van der Waals surface area contributed by atoms with E-state index in [0.717, 1.165) is 49.4 Å². The van der Waals surface area contributed by atoms with Gasteiger partial charge in [0, 0.05) is 108 Å². The molecule has 0 saturated heterocycles. The molecule has 15 N–H and O–H groups in total. The molecule has 0 bridgehead atoms. The number of para-hydroxylation sites is 3. The largest absolute Gasteiger partial charge is 0.361 e. The SMILES string of the molecule is CC.CC.CC.CC.CC.CC.CN[C@@H](Cc1c[nH]c2ccccc12)C(=O)C[C@H](CCCNC(N)=O)C(C)=O.CN[C@H](Cc1c[nH]c2ccccc12)C(=O)C[C@@H](CCCNC(N)=O)C(C)=O.CN[C@H](Cc1c[nH]c2ccccc12)C(=O)C[C@H](CCCNC(N)=O)C(C)=O. The molecule has 0 aliphatic heterocycles. The zero-order chi connectivity index (χ0) is 71.4. The second kappa shape index (κ2) is 54.5. The first kappa shape index (κ1) is 89.2. The predicted molar refractivity (Wildman–Crippen MR) is 384 cm³/mol. The highest BCUT2D eigenvalue weighted by molar-refractivity contribution is 5.93. The average Bonchev–Trinajstić information content (AvgIpc) is 1.79. The number of benzene rings is 3. The highest BCUT2D eigenvalue weighted by Crippen LogP contribution is 2.25. The number of aromatic nitrogens is 3. The number of H-pyrrole nitrogens is 3. The second-order valence-corrected chi connectivity index (χ2v) is 20.4. The number of hydrogen-bond acceptors (Lipinski definition) is 12. The number of primary amides is 3. The predicted octanol–water partition coefficient (Wildman–Crippen LogP) is 11.9. The Morgan fingerprint density at radius 1 is 0.366 bits per heavy atom. The van der Waals surface area contributed by atoms with Gasteiger partial charge >= 0.3 is 18.1 Å². The van der Waals surface area contributed by atoms with Crippen molar-refractivity contribution in [3.8, 4) is 0 Å². The third kappa shape index (κ3) is 35.0. The summed E-state index contributed by atoms with van der Waals surface area (Å²) in [4.78, 5) is 116. The molecule has 0 fully saturated rings. The van der Waals surface area contributed by atoms with Crippen LogP contribution in [-0.4, -0.2) is 127 Å². The van der Waals surface area contributed by atoms with Crippen LogP contribution in [0.15, 0.2) is 91.4 Å². The molecule has 6 atom stereocenters. The van der Waals surface area contributed by atoms with Gasteiger partial charge in [-0.1, -0.05) is 138 Å². The third-order valence-corrected chi connectivity index (χ3v) is 14.7. The Morgan fingerprint density at radius 2 is 0.581 bits per heavy atom. The van der Waals surface area contributed by atoms with E-state index in [1.165, 1.54) is 20.8 Å². The van der Waals surface area contributed by atoms with Crippen LogP contribution in [0.2, 0.25) is 0 Å². The molecule has 3 heterocycles. The highest BCUT2D eigenvalue weighted by atomic mass is 16.2. The fourth-order valence-electron chi connectivity index (χ4n) is 9.87. The summed E-state index contributed by atoms with van der Waals surface area (Å²) < 4.78 is 0. The summed E-state index contributed by atoms with van der Waals surface area (Å²) in [7, 11) is 5.28. The summed E-state index contributed by atoms with van der Waals surface area (Å²) >= 11 is 0. The molecule has 6 amide bonds. The van der Waals surface area contributed by atoms with E-state index in [0.29, 0.717) is 77.4 Å². The Labute approximate surface area is 556 Å². The van der Waals surface area contributed by atoms with Crippen LogP contribution in [0.25, 0.3) is 32.7 Å². The van der Waals surface area contributed by atoms with Crippen molar-refractivity contribution >= 4 is 85.5 Å². The lowest BCUT2D eigenvalue weighted by atomic mass is 9.89. The molecule has 0 saturated carbocycles. The quantitative estimate of drug-likeness (QED) is 0.0171. The van der Waals surface area contributed by atoms with Crippen LogP contribution < -0.4 is 49.1 Å². The lowest BCUT2D eigenvalue weighted by Gasteiger charge is -2.19. The number of ketones is 6. The Kier molecular flexibility index (Phi) is 52.3. The fraction of sp³-hybridized carbons (Fsp3) is 0.542. The van der Waals surface area contributed by atoms with Gasteiger partial charge in [-0.15, -0.1) is 0 Å². The van der Waals surface area contributed by atoms with Crippen LogP contribution >= 0.6 is 0 Å². The third-order valence-electron chi connectivity index (χ3n) is 14.7. The van der Waals surface area contributed by atoms with Gasteiger partial charge in [-0.2, -0.15) is 0 Å². The van der Waals surface area contributed by atoms with Gasteiger partial charge in [-0.25, -0.2) is 14.4 Å². The Morgan fingerprint density at radius 3 is 0.774 bits per heavy atom. The van der Waals surface area contributed by atoms with Gasteiger partial charge in [0.25, 0.3) is 0 Å². The first-order chi connectivity index (χ1) is 44.8. The van der Waals surface area contributed by atoms with Crippen LogP contribution in [0.3, 0.4) is 0 Å². The van der Waals surface area contributed by atoms with Gasteiger partial charge in [-0.05, 0) is 135 Å². The molecular weight excluding hydrogens is 1180 g/mol. The standard InChI is InChI=1S/3C20H28N4O3.6C2H6/c3*1-13(25)14(6-5-9-23-20(21)27)11-19(26)18(22-2)10-15-12-24-17-8-4-3-7-16(15)17;6*1-2/h3*3-4,7-8,12,14,18,22,24H,5-6,9-11H2,1-2H3,(H3,21,23,27);6*1-2H3/t14-,18+;2*14-,18-;;;;;;/m010....../s1. The summed E-state index contributed by atoms with van der Waals surface area (Å²) in [6.45, 7) is 29.7. The lowest BCUT2D eigenvalue weighted by molar-refractivity contribution is -0.128. The number of carbonyl (C=O) groups excluding carboxylic acids is 9. The second-order valence-electron chi connectivity index (χ2n) is 20.4. The van der Waals surface area contributed by atoms with E-state index in [-0.39, 0.29) is 89.8 Å². The summed E-state index contributed by atoms with van der Waals surface area (Å²) in [5.74, 6) is -0.997. The topological polar surface area (TPSA) is 351 Å². The maximum atomic E-state index is 12.8. The smallest absolute Gasteiger partial charge is 0.312 e. The maximum absolute atomic E-state index is 12.8. The first-order valence-corrected chi connectivity index (χ1v) is 33.6. The molecule has 6 aromatic rings. The van der Waals surface area contributed by atoms with Crippen molar-refractivity contribution in [1.29, 1.82) is 0 Å². The molecule has 21 heteroatoms. The number of hydrogen-bond donors (Lipinski definition) is 12. The molecule has 3 aromatic carbocycles. The van der Waals surface area contributed by atoms with Crippen LogP contribution in [0.1, 0.15) is 178 Å². The van der Waals surface area contributed by atoms with Gasteiger partial charge in [-0.3, -0.25) is 28.8 Å². The van der Waals surface area contributed by atoms with Crippen molar-refractivity contribution in [3.63, 3.8) is 0 Å². The Bertz CT molecular complexity index is 2720. The number of amides is 6. The van der Waals surface area contributed by atoms with Crippen molar-refractivity contribution in [2.24, 2.45) is 35.0 Å². The molecule has 93 heavy (non-hydrogen) atoms. The van der Waals surface area contributed by atoms with E-state index < -0.39 is 18.1 Å². The van der Waals surface area contributed by atoms with Crippen molar-refractivity contribution in [2.75, 3.05) is 40.8 Å². The maximum Gasteiger partial charge on any atom is 0.312 e. The Balaban J connectivity index is -0.00000120. The van der Waals surface area contributed by atoms with Gasteiger partial charge in [0.15, 0.2) is 17.3 Å². The van der Waals surface area contributed by atoms with Crippen LogP contribution in [-0.2, 0) is 48.0 Å². The fourth-order valence-corrected chi connectivity index (χ4v) is 9.87. The van der Waals surface area contributed by atoms with E-state index in [9.17, 15) is 43.2 Å². The summed E-state index contributed by atoms with van der Waals surface area (Å²) in [5, 5.41) is 20.1. The lowest BCUT2D eigenvalue weighted by Crippen LogP contribution is -2.38.